The molecule has 1 aromatic carbocycles. The highest BCUT2D eigenvalue weighted by atomic mass is 16.5. The van der Waals surface area contributed by atoms with Crippen LogP contribution in [0.15, 0.2) is 61.1 Å². The largest absolute Gasteiger partial charge is 0.370 e. The van der Waals surface area contributed by atoms with Crippen LogP contribution < -0.4 is 10.6 Å². The minimum Gasteiger partial charge on any atom is -0.370 e. The van der Waals surface area contributed by atoms with Gasteiger partial charge < -0.3 is 19.9 Å². The Balaban J connectivity index is 1.42. The fourth-order valence-corrected chi connectivity index (χ4v) is 3.47. The number of amides is 2. The molecule has 2 N–H and O–H groups in total. The highest BCUT2D eigenvalue weighted by molar-refractivity contribution is 5.93. The summed E-state index contributed by atoms with van der Waals surface area (Å²) in [7, 11) is 1.95. The van der Waals surface area contributed by atoms with Crippen molar-refractivity contribution in [3.63, 3.8) is 0 Å². The van der Waals surface area contributed by atoms with Gasteiger partial charge in [-0.3, -0.25) is 4.98 Å². The third-order valence-corrected chi connectivity index (χ3v) is 4.87. The first kappa shape index (κ1) is 18.2. The summed E-state index contributed by atoms with van der Waals surface area (Å²) in [5.41, 5.74) is 2.38. The number of aromatic nitrogens is 3. The number of hydrogen-bond acceptors (Lipinski definition) is 4. The minimum absolute atomic E-state index is 0.0206. The Hall–Kier alpha value is -3.19. The lowest BCUT2D eigenvalue weighted by Gasteiger charge is -2.29. The molecule has 2 atom stereocenters. The Kier molecular flexibility index (Phi) is 5.34. The quantitative estimate of drug-likeness (QED) is 0.729. The van der Waals surface area contributed by atoms with E-state index >= 15 is 0 Å². The van der Waals surface area contributed by atoms with E-state index in [2.05, 4.69) is 20.6 Å². The third kappa shape index (κ3) is 4.04. The number of pyridine rings is 1. The van der Waals surface area contributed by atoms with E-state index in [0.29, 0.717) is 18.7 Å². The summed E-state index contributed by atoms with van der Waals surface area (Å²) in [6.45, 7) is 0.588. The molecule has 1 aliphatic rings. The average molecular weight is 377 g/mol. The van der Waals surface area contributed by atoms with Crippen LogP contribution in [-0.4, -0.2) is 33.2 Å². The van der Waals surface area contributed by atoms with Gasteiger partial charge in [-0.25, -0.2) is 9.78 Å². The van der Waals surface area contributed by atoms with E-state index in [1.54, 1.807) is 12.4 Å². The van der Waals surface area contributed by atoms with Crippen LogP contribution in [-0.2, 0) is 11.8 Å². The number of rotatable bonds is 4. The number of imidazole rings is 1. The molecule has 2 unspecified atom stereocenters. The van der Waals surface area contributed by atoms with Crippen molar-refractivity contribution in [2.75, 3.05) is 11.9 Å². The fraction of sp³-hybridized carbons (Fsp3) is 0.286. The van der Waals surface area contributed by atoms with Gasteiger partial charge in [0.25, 0.3) is 0 Å². The summed E-state index contributed by atoms with van der Waals surface area (Å²) in [6, 6.07) is 13.3. The van der Waals surface area contributed by atoms with Gasteiger partial charge in [-0.05, 0) is 18.6 Å². The van der Waals surface area contributed by atoms with Gasteiger partial charge in [0.1, 0.15) is 11.9 Å². The van der Waals surface area contributed by atoms with Gasteiger partial charge in [-0.1, -0.05) is 30.3 Å². The molecule has 28 heavy (non-hydrogen) atoms. The summed E-state index contributed by atoms with van der Waals surface area (Å²) >= 11 is 0. The number of anilines is 1. The Morgan fingerprint density at radius 1 is 1.14 bits per heavy atom. The Morgan fingerprint density at radius 2 is 2.00 bits per heavy atom. The molecule has 3 aromatic rings. The van der Waals surface area contributed by atoms with Crippen LogP contribution in [0.5, 0.6) is 0 Å². The molecule has 1 saturated heterocycles. The third-order valence-electron chi connectivity index (χ3n) is 4.87. The molecular formula is C21H23N5O2. The Labute approximate surface area is 163 Å². The van der Waals surface area contributed by atoms with Crippen LogP contribution in [0.25, 0.3) is 11.3 Å². The van der Waals surface area contributed by atoms with Gasteiger partial charge in [0.15, 0.2) is 0 Å². The summed E-state index contributed by atoms with van der Waals surface area (Å²) < 4.78 is 7.80. The number of benzene rings is 1. The Morgan fingerprint density at radius 3 is 2.79 bits per heavy atom. The van der Waals surface area contributed by atoms with E-state index in [-0.39, 0.29) is 18.2 Å². The normalized spacial score (nSPS) is 19.2. The molecule has 7 nitrogen and oxygen atoms in total. The van der Waals surface area contributed by atoms with Crippen molar-refractivity contribution in [2.24, 2.45) is 7.05 Å². The first-order chi connectivity index (χ1) is 13.7. The van der Waals surface area contributed by atoms with E-state index in [9.17, 15) is 4.79 Å². The van der Waals surface area contributed by atoms with E-state index in [4.69, 9.17) is 4.74 Å². The molecule has 3 heterocycles. The smallest absolute Gasteiger partial charge is 0.319 e. The van der Waals surface area contributed by atoms with Gasteiger partial charge in [-0.2, -0.15) is 0 Å². The topological polar surface area (TPSA) is 81.1 Å². The lowest BCUT2D eigenvalue weighted by atomic mass is 10.0. The van der Waals surface area contributed by atoms with Crippen LogP contribution >= 0.6 is 0 Å². The molecular weight excluding hydrogens is 354 g/mol. The van der Waals surface area contributed by atoms with Gasteiger partial charge >= 0.3 is 6.03 Å². The summed E-state index contributed by atoms with van der Waals surface area (Å²) in [5, 5.41) is 6.01. The number of nitrogens with one attached hydrogen (secondary N) is 2. The number of carbonyl (C=O) groups excluding carboxylic acids is 1. The second-order valence-corrected chi connectivity index (χ2v) is 6.84. The van der Waals surface area contributed by atoms with Crippen molar-refractivity contribution in [1.82, 2.24) is 19.9 Å². The first-order valence-corrected chi connectivity index (χ1v) is 9.37. The summed E-state index contributed by atoms with van der Waals surface area (Å²) in [5.74, 6) is 0.880. The van der Waals surface area contributed by atoms with Crippen molar-refractivity contribution >= 4 is 11.7 Å². The number of aryl methyl sites for hydroxylation is 1. The molecule has 1 fully saturated rings. The zero-order chi connectivity index (χ0) is 19.3. The van der Waals surface area contributed by atoms with Crippen molar-refractivity contribution in [1.29, 1.82) is 0 Å². The zero-order valence-electron chi connectivity index (χ0n) is 15.7. The molecule has 144 valence electrons. The van der Waals surface area contributed by atoms with E-state index in [1.807, 2.05) is 60.3 Å². The molecule has 7 heteroatoms. The molecule has 4 rings (SSSR count). The van der Waals surface area contributed by atoms with Gasteiger partial charge in [0.2, 0.25) is 0 Å². The number of hydrogen-bond donors (Lipinski definition) is 2. The lowest BCUT2D eigenvalue weighted by Crippen LogP contribution is -2.42. The van der Waals surface area contributed by atoms with Gasteiger partial charge in [0.05, 0.1) is 11.4 Å². The predicted octanol–water partition coefficient (Wildman–Crippen LogP) is 3.52. The maximum atomic E-state index is 12.6. The maximum absolute atomic E-state index is 12.6. The number of carbonyl (C=O) groups is 1. The molecule has 0 spiro atoms. The van der Waals surface area contributed by atoms with Crippen LogP contribution in [0.3, 0.4) is 0 Å². The fourth-order valence-electron chi connectivity index (χ4n) is 3.47. The number of ether oxygens (including phenoxy) is 1. The van der Waals surface area contributed by atoms with Crippen molar-refractivity contribution in [2.45, 2.75) is 25.0 Å². The highest BCUT2D eigenvalue weighted by Gasteiger charge is 2.27. The molecule has 2 aromatic heterocycles. The molecule has 0 saturated carbocycles. The summed E-state index contributed by atoms with van der Waals surface area (Å²) in [4.78, 5) is 21.4. The van der Waals surface area contributed by atoms with E-state index in [1.165, 1.54) is 0 Å². The van der Waals surface area contributed by atoms with Gasteiger partial charge in [-0.15, -0.1) is 0 Å². The molecule has 0 bridgehead atoms. The van der Waals surface area contributed by atoms with Crippen LogP contribution in [0.1, 0.15) is 24.8 Å². The van der Waals surface area contributed by atoms with Crippen LogP contribution in [0, 0.1) is 0 Å². The second-order valence-electron chi connectivity index (χ2n) is 6.84. The number of nitrogens with zero attached hydrogens (tertiary/aromatic N) is 3. The SMILES string of the molecule is Cn1ccnc1C1CC(NC(=O)Nc2cccnc2-c2ccccc2)CCO1. The van der Waals surface area contributed by atoms with Crippen LogP contribution in [0.4, 0.5) is 10.5 Å². The molecule has 0 aliphatic carbocycles. The molecule has 1 aliphatic heterocycles. The van der Waals surface area contributed by atoms with Gasteiger partial charge in [0, 0.05) is 50.3 Å². The molecule has 2 amide bonds. The van der Waals surface area contributed by atoms with Crippen molar-refractivity contribution in [3.8, 4) is 11.3 Å². The lowest BCUT2D eigenvalue weighted by molar-refractivity contribution is -0.00410. The first-order valence-electron chi connectivity index (χ1n) is 9.37. The number of urea groups is 1. The Bertz CT molecular complexity index is 941. The maximum Gasteiger partial charge on any atom is 0.319 e. The highest BCUT2D eigenvalue weighted by Crippen LogP contribution is 2.27. The van der Waals surface area contributed by atoms with Crippen molar-refractivity contribution < 1.29 is 9.53 Å². The summed E-state index contributed by atoms with van der Waals surface area (Å²) in [6.07, 6.45) is 6.73. The standard InChI is InChI=1S/C21H23N5O2/c1-26-12-11-23-20(26)18-14-16(9-13-28-18)24-21(27)25-17-8-5-10-22-19(17)15-6-3-2-4-7-15/h2-8,10-12,16,18H,9,13-14H2,1H3,(H2,24,25,27). The minimum atomic E-state index is -0.240. The van der Waals surface area contributed by atoms with E-state index < -0.39 is 0 Å². The van der Waals surface area contributed by atoms with Crippen LogP contribution in [0.2, 0.25) is 0 Å². The van der Waals surface area contributed by atoms with Crippen molar-refractivity contribution in [3.05, 3.63) is 66.9 Å². The predicted molar refractivity (Wildman–Crippen MR) is 107 cm³/mol. The molecule has 0 radical (unpaired) electrons. The average Bonchev–Trinajstić information content (AvgIpc) is 3.15. The monoisotopic (exact) mass is 377 g/mol. The zero-order valence-corrected chi connectivity index (χ0v) is 15.7. The van der Waals surface area contributed by atoms with E-state index in [0.717, 1.165) is 23.5 Å². The second kappa shape index (κ2) is 8.22.